The fraction of sp³-hybridized carbons (Fsp3) is 0.733. The minimum atomic E-state index is 0.819. The van der Waals surface area contributed by atoms with Gasteiger partial charge in [-0.2, -0.15) is 0 Å². The van der Waals surface area contributed by atoms with E-state index in [-0.39, 0.29) is 0 Å². The maximum Gasteiger partial charge on any atom is 0.00491 e. The van der Waals surface area contributed by atoms with Gasteiger partial charge in [0.1, 0.15) is 0 Å². The Morgan fingerprint density at radius 3 is 2.88 bits per heavy atom. The molecular weight excluding hydrogens is 226 g/mol. The van der Waals surface area contributed by atoms with Crippen molar-refractivity contribution in [2.24, 2.45) is 5.92 Å². The molecule has 0 amide bonds. The second kappa shape index (κ2) is 6.55. The molecule has 1 aliphatic rings. The minimum Gasteiger partial charge on any atom is -0.316 e. The van der Waals surface area contributed by atoms with Crippen LogP contribution in [-0.4, -0.2) is 13.1 Å². The minimum absolute atomic E-state index is 0.819. The van der Waals surface area contributed by atoms with Crippen LogP contribution in [0.25, 0.3) is 0 Å². The molecule has 1 fully saturated rings. The molecule has 1 nitrogen and oxygen atoms in total. The number of rotatable bonds is 5. The highest BCUT2D eigenvalue weighted by atomic mass is 32.1. The number of hydrogen-bond donors (Lipinski definition) is 1. The molecule has 2 unspecified atom stereocenters. The fourth-order valence-electron chi connectivity index (χ4n) is 3.11. The lowest BCUT2D eigenvalue weighted by molar-refractivity contribution is 0.296. The van der Waals surface area contributed by atoms with Gasteiger partial charge in [0.2, 0.25) is 0 Å². The Hall–Kier alpha value is -0.340. The molecule has 0 radical (unpaired) electrons. The van der Waals surface area contributed by atoms with Crippen molar-refractivity contribution in [3.63, 3.8) is 0 Å². The van der Waals surface area contributed by atoms with Gasteiger partial charge in [-0.05, 0) is 68.1 Å². The van der Waals surface area contributed by atoms with Crippen molar-refractivity contribution >= 4 is 11.3 Å². The van der Waals surface area contributed by atoms with E-state index in [1.54, 1.807) is 5.56 Å². The Morgan fingerprint density at radius 2 is 2.18 bits per heavy atom. The Kier molecular flexibility index (Phi) is 5.05. The van der Waals surface area contributed by atoms with E-state index in [0.29, 0.717) is 0 Å². The lowest BCUT2D eigenvalue weighted by Crippen LogP contribution is -2.30. The molecule has 96 valence electrons. The van der Waals surface area contributed by atoms with Gasteiger partial charge in [0, 0.05) is 4.88 Å². The number of thiophene rings is 1. The van der Waals surface area contributed by atoms with Gasteiger partial charge in [0.25, 0.3) is 0 Å². The van der Waals surface area contributed by atoms with Crippen molar-refractivity contribution in [2.45, 2.75) is 51.9 Å². The van der Waals surface area contributed by atoms with Crippen LogP contribution in [-0.2, 0) is 0 Å². The number of aryl methyl sites for hydroxylation is 1. The van der Waals surface area contributed by atoms with Gasteiger partial charge in [-0.25, -0.2) is 0 Å². The maximum absolute atomic E-state index is 3.62. The van der Waals surface area contributed by atoms with Crippen molar-refractivity contribution in [3.8, 4) is 0 Å². The highest BCUT2D eigenvalue weighted by Gasteiger charge is 2.27. The molecule has 0 saturated heterocycles. The van der Waals surface area contributed by atoms with E-state index in [1.165, 1.54) is 50.1 Å². The lowest BCUT2D eigenvalue weighted by atomic mass is 9.75. The van der Waals surface area contributed by atoms with Gasteiger partial charge in [-0.15, -0.1) is 11.3 Å². The van der Waals surface area contributed by atoms with Gasteiger partial charge in [0.05, 0.1) is 0 Å². The summed E-state index contributed by atoms with van der Waals surface area (Å²) < 4.78 is 0. The highest BCUT2D eigenvalue weighted by Crippen LogP contribution is 2.39. The molecule has 1 aromatic rings. The summed E-state index contributed by atoms with van der Waals surface area (Å²) in [6.45, 7) is 6.92. The molecule has 1 N–H and O–H groups in total. The zero-order valence-corrected chi connectivity index (χ0v) is 12.0. The van der Waals surface area contributed by atoms with Crippen molar-refractivity contribution in [1.29, 1.82) is 0 Å². The summed E-state index contributed by atoms with van der Waals surface area (Å²) in [5.41, 5.74) is 1.64. The first-order chi connectivity index (χ1) is 8.33. The number of hydrogen-bond acceptors (Lipinski definition) is 2. The molecule has 1 heterocycles. The van der Waals surface area contributed by atoms with Crippen LogP contribution in [0.15, 0.2) is 11.4 Å². The molecule has 17 heavy (non-hydrogen) atoms. The first-order valence-corrected chi connectivity index (χ1v) is 7.95. The summed E-state index contributed by atoms with van der Waals surface area (Å²) in [6.07, 6.45) is 6.91. The predicted molar refractivity (Wildman–Crippen MR) is 76.9 cm³/mol. The van der Waals surface area contributed by atoms with E-state index in [0.717, 1.165) is 11.8 Å². The largest absolute Gasteiger partial charge is 0.316 e. The Morgan fingerprint density at radius 1 is 1.35 bits per heavy atom. The molecule has 0 aromatic carbocycles. The van der Waals surface area contributed by atoms with Gasteiger partial charge in [-0.3, -0.25) is 0 Å². The third kappa shape index (κ3) is 3.32. The average molecular weight is 251 g/mol. The first-order valence-electron chi connectivity index (χ1n) is 7.07. The van der Waals surface area contributed by atoms with Crippen LogP contribution in [0, 0.1) is 12.8 Å². The molecule has 0 bridgehead atoms. The lowest BCUT2D eigenvalue weighted by Gasteiger charge is -2.32. The summed E-state index contributed by atoms with van der Waals surface area (Å²) in [7, 11) is 0. The Balaban J connectivity index is 1.99. The quantitative estimate of drug-likeness (QED) is 0.768. The molecule has 2 atom stereocenters. The summed E-state index contributed by atoms with van der Waals surface area (Å²) >= 11 is 1.91. The van der Waals surface area contributed by atoms with E-state index in [2.05, 4.69) is 30.6 Å². The molecule has 0 aliphatic heterocycles. The van der Waals surface area contributed by atoms with Crippen molar-refractivity contribution < 1.29 is 0 Å². The van der Waals surface area contributed by atoms with Crippen LogP contribution in [0.3, 0.4) is 0 Å². The van der Waals surface area contributed by atoms with Gasteiger partial charge >= 0.3 is 0 Å². The summed E-state index contributed by atoms with van der Waals surface area (Å²) in [5, 5.41) is 5.88. The molecule has 0 spiro atoms. The standard InChI is InChI=1S/C15H25NS/c1-3-9-16-11-13-6-4-5-7-15(13)14-8-10-17-12(14)2/h8,10,13,15-16H,3-7,9,11H2,1-2H3. The average Bonchev–Trinajstić information content (AvgIpc) is 2.76. The number of nitrogens with one attached hydrogen (secondary N) is 1. The third-order valence-electron chi connectivity index (χ3n) is 4.04. The van der Waals surface area contributed by atoms with Crippen molar-refractivity contribution in [1.82, 2.24) is 5.32 Å². The maximum atomic E-state index is 3.62. The van der Waals surface area contributed by atoms with E-state index < -0.39 is 0 Å². The predicted octanol–water partition coefficient (Wildman–Crippen LogP) is 4.33. The zero-order valence-electron chi connectivity index (χ0n) is 11.2. The van der Waals surface area contributed by atoms with Crippen molar-refractivity contribution in [2.75, 3.05) is 13.1 Å². The molecule has 1 saturated carbocycles. The van der Waals surface area contributed by atoms with Crippen LogP contribution < -0.4 is 5.32 Å². The van der Waals surface area contributed by atoms with Crippen molar-refractivity contribution in [3.05, 3.63) is 21.9 Å². The molecule has 1 aromatic heterocycles. The van der Waals surface area contributed by atoms with E-state index in [1.807, 2.05) is 11.3 Å². The Labute approximate surface area is 110 Å². The summed E-state index contributed by atoms with van der Waals surface area (Å²) in [4.78, 5) is 1.54. The smallest absolute Gasteiger partial charge is 0.00491 e. The third-order valence-corrected chi connectivity index (χ3v) is 4.90. The van der Waals surface area contributed by atoms with Crippen LogP contribution in [0.4, 0.5) is 0 Å². The topological polar surface area (TPSA) is 12.0 Å². The Bertz CT molecular complexity index is 331. The van der Waals surface area contributed by atoms with Gasteiger partial charge in [0.15, 0.2) is 0 Å². The second-order valence-corrected chi connectivity index (χ2v) is 6.41. The van der Waals surface area contributed by atoms with E-state index in [9.17, 15) is 0 Å². The molecular formula is C15H25NS. The van der Waals surface area contributed by atoms with Crippen LogP contribution >= 0.6 is 11.3 Å². The van der Waals surface area contributed by atoms with Crippen LogP contribution in [0.5, 0.6) is 0 Å². The fourth-order valence-corrected chi connectivity index (χ4v) is 3.88. The monoisotopic (exact) mass is 251 g/mol. The molecule has 2 rings (SSSR count). The SMILES string of the molecule is CCCNCC1CCCCC1c1ccsc1C. The highest BCUT2D eigenvalue weighted by molar-refractivity contribution is 7.10. The van der Waals surface area contributed by atoms with Gasteiger partial charge < -0.3 is 5.32 Å². The van der Waals surface area contributed by atoms with E-state index in [4.69, 9.17) is 0 Å². The van der Waals surface area contributed by atoms with Gasteiger partial charge in [-0.1, -0.05) is 19.8 Å². The summed E-state index contributed by atoms with van der Waals surface area (Å²) in [5.74, 6) is 1.68. The molecule has 1 aliphatic carbocycles. The molecule has 2 heteroatoms. The first kappa shape index (κ1) is 13.1. The van der Waals surface area contributed by atoms with Crippen LogP contribution in [0.1, 0.15) is 55.4 Å². The summed E-state index contributed by atoms with van der Waals surface area (Å²) in [6, 6.07) is 2.36. The normalized spacial score (nSPS) is 25.1. The second-order valence-electron chi connectivity index (χ2n) is 5.29. The zero-order chi connectivity index (χ0) is 12.1. The van der Waals surface area contributed by atoms with E-state index >= 15 is 0 Å². The van der Waals surface area contributed by atoms with Crippen LogP contribution in [0.2, 0.25) is 0 Å².